The monoisotopic (exact) mass is 335 g/mol. The fourth-order valence-electron chi connectivity index (χ4n) is 2.81. The maximum absolute atomic E-state index is 12.7. The lowest BCUT2D eigenvalue weighted by molar-refractivity contribution is 0.102. The van der Waals surface area contributed by atoms with Gasteiger partial charge in [-0.1, -0.05) is 36.4 Å². The van der Waals surface area contributed by atoms with Gasteiger partial charge in [0.1, 0.15) is 5.75 Å². The first-order valence-corrected chi connectivity index (χ1v) is 8.26. The molecule has 0 radical (unpaired) electrons. The van der Waals surface area contributed by atoms with Gasteiger partial charge < -0.3 is 14.8 Å². The maximum Gasteiger partial charge on any atom is 0.255 e. The number of methoxy groups -OCH3 is 1. The van der Waals surface area contributed by atoms with Gasteiger partial charge in [0, 0.05) is 29.3 Å². The van der Waals surface area contributed by atoms with E-state index in [0.29, 0.717) is 18.8 Å². The molecule has 128 valence electrons. The van der Waals surface area contributed by atoms with Crippen molar-refractivity contribution in [3.8, 4) is 5.75 Å². The van der Waals surface area contributed by atoms with E-state index >= 15 is 0 Å². The quantitative estimate of drug-likeness (QED) is 0.714. The molecular weight excluding hydrogens is 314 g/mol. The fourth-order valence-corrected chi connectivity index (χ4v) is 2.81. The Balaban J connectivity index is 1.89. The molecule has 0 atom stereocenters. The van der Waals surface area contributed by atoms with Gasteiger partial charge >= 0.3 is 0 Å². The second-order valence-corrected chi connectivity index (χ2v) is 5.67. The molecule has 1 N–H and O–H groups in total. The van der Waals surface area contributed by atoms with Crippen molar-refractivity contribution in [1.82, 2.24) is 0 Å². The Kier molecular flexibility index (Phi) is 5.31. The normalized spacial score (nSPS) is 10.6. The van der Waals surface area contributed by atoms with E-state index in [0.717, 1.165) is 27.8 Å². The van der Waals surface area contributed by atoms with Crippen molar-refractivity contribution in [2.75, 3.05) is 19.0 Å². The van der Waals surface area contributed by atoms with Crippen molar-refractivity contribution in [2.24, 2.45) is 0 Å². The van der Waals surface area contributed by atoms with E-state index in [4.69, 9.17) is 9.47 Å². The Hall–Kier alpha value is -2.85. The Morgan fingerprint density at radius 2 is 1.84 bits per heavy atom. The minimum Gasteiger partial charge on any atom is -0.494 e. The van der Waals surface area contributed by atoms with Gasteiger partial charge in [0.15, 0.2) is 0 Å². The summed E-state index contributed by atoms with van der Waals surface area (Å²) in [7, 11) is 1.62. The lowest BCUT2D eigenvalue weighted by Crippen LogP contribution is -2.13. The van der Waals surface area contributed by atoms with Gasteiger partial charge in [-0.05, 0) is 36.6 Å². The average molecular weight is 335 g/mol. The number of fused-ring (bicyclic) bond motifs is 1. The number of anilines is 1. The van der Waals surface area contributed by atoms with E-state index in [1.165, 1.54) is 0 Å². The fraction of sp³-hybridized carbons (Fsp3) is 0.190. The van der Waals surface area contributed by atoms with E-state index < -0.39 is 0 Å². The second kappa shape index (κ2) is 7.81. The van der Waals surface area contributed by atoms with E-state index in [-0.39, 0.29) is 5.91 Å². The molecule has 0 aromatic heterocycles. The molecule has 0 heterocycles. The first-order chi connectivity index (χ1) is 12.2. The summed E-state index contributed by atoms with van der Waals surface area (Å²) in [6, 6.07) is 19.2. The standard InChI is InChI=1S/C21H21NO3/c1-3-25-20-12-11-16(13-17(20)14-24-2)21(23)22-19-10-6-8-15-7-4-5-9-18(15)19/h4-13H,3,14H2,1-2H3,(H,22,23). The van der Waals surface area contributed by atoms with Gasteiger partial charge in [0.2, 0.25) is 0 Å². The number of hydrogen-bond donors (Lipinski definition) is 1. The van der Waals surface area contributed by atoms with Crippen LogP contribution in [0.4, 0.5) is 5.69 Å². The van der Waals surface area contributed by atoms with Crippen molar-refractivity contribution < 1.29 is 14.3 Å². The van der Waals surface area contributed by atoms with Crippen LogP contribution in [0, 0.1) is 0 Å². The van der Waals surface area contributed by atoms with Crippen molar-refractivity contribution >= 4 is 22.4 Å². The highest BCUT2D eigenvalue weighted by atomic mass is 16.5. The third-order valence-corrected chi connectivity index (χ3v) is 3.96. The zero-order valence-corrected chi connectivity index (χ0v) is 14.4. The Morgan fingerprint density at radius 3 is 2.64 bits per heavy atom. The van der Waals surface area contributed by atoms with Crippen LogP contribution in [0.25, 0.3) is 10.8 Å². The Labute approximate surface area is 147 Å². The highest BCUT2D eigenvalue weighted by molar-refractivity contribution is 6.09. The van der Waals surface area contributed by atoms with Crippen LogP contribution >= 0.6 is 0 Å². The van der Waals surface area contributed by atoms with E-state index in [9.17, 15) is 4.79 Å². The van der Waals surface area contributed by atoms with Gasteiger partial charge in [-0.3, -0.25) is 4.79 Å². The molecule has 0 aliphatic rings. The van der Waals surface area contributed by atoms with Crippen LogP contribution in [0.15, 0.2) is 60.7 Å². The summed E-state index contributed by atoms with van der Waals surface area (Å²) in [6.07, 6.45) is 0. The first kappa shape index (κ1) is 17.0. The molecule has 25 heavy (non-hydrogen) atoms. The van der Waals surface area contributed by atoms with Gasteiger partial charge in [-0.2, -0.15) is 0 Å². The molecule has 0 saturated heterocycles. The predicted octanol–water partition coefficient (Wildman–Crippen LogP) is 4.64. The Morgan fingerprint density at radius 1 is 1.04 bits per heavy atom. The molecule has 0 fully saturated rings. The molecule has 3 aromatic rings. The summed E-state index contributed by atoms with van der Waals surface area (Å²) < 4.78 is 10.8. The van der Waals surface area contributed by atoms with E-state index in [1.54, 1.807) is 13.2 Å². The van der Waals surface area contributed by atoms with Gasteiger partial charge in [0.25, 0.3) is 5.91 Å². The zero-order chi connectivity index (χ0) is 17.6. The molecule has 0 saturated carbocycles. The molecule has 0 aliphatic carbocycles. The lowest BCUT2D eigenvalue weighted by Gasteiger charge is -2.13. The van der Waals surface area contributed by atoms with Gasteiger partial charge in [-0.15, -0.1) is 0 Å². The molecule has 0 aliphatic heterocycles. The van der Waals surface area contributed by atoms with Crippen LogP contribution < -0.4 is 10.1 Å². The second-order valence-electron chi connectivity index (χ2n) is 5.67. The molecule has 0 unspecified atom stereocenters. The molecule has 1 amide bonds. The Bertz CT molecular complexity index is 884. The SMILES string of the molecule is CCOc1ccc(C(=O)Nc2cccc3ccccc23)cc1COC. The number of carbonyl (C=O) groups is 1. The number of hydrogen-bond acceptors (Lipinski definition) is 3. The maximum atomic E-state index is 12.7. The van der Waals surface area contributed by atoms with Gasteiger partial charge in [0.05, 0.1) is 13.2 Å². The highest BCUT2D eigenvalue weighted by Gasteiger charge is 2.12. The van der Waals surface area contributed by atoms with Crippen LogP contribution in [0.2, 0.25) is 0 Å². The van der Waals surface area contributed by atoms with Crippen LogP contribution in [0.5, 0.6) is 5.75 Å². The number of nitrogens with one attached hydrogen (secondary N) is 1. The molecule has 3 rings (SSSR count). The van der Waals surface area contributed by atoms with Crippen molar-refractivity contribution in [2.45, 2.75) is 13.5 Å². The summed E-state index contributed by atoms with van der Waals surface area (Å²) in [5.74, 6) is 0.586. The van der Waals surface area contributed by atoms with Crippen LogP contribution in [0.3, 0.4) is 0 Å². The first-order valence-electron chi connectivity index (χ1n) is 8.26. The van der Waals surface area contributed by atoms with Crippen molar-refractivity contribution in [3.05, 3.63) is 71.8 Å². The molecular formula is C21H21NO3. The largest absolute Gasteiger partial charge is 0.494 e. The minimum absolute atomic E-state index is 0.156. The van der Waals surface area contributed by atoms with Crippen molar-refractivity contribution in [3.63, 3.8) is 0 Å². The van der Waals surface area contributed by atoms with Crippen LogP contribution in [-0.4, -0.2) is 19.6 Å². The summed E-state index contributed by atoms with van der Waals surface area (Å²) in [5.41, 5.74) is 2.23. The van der Waals surface area contributed by atoms with Crippen LogP contribution in [0.1, 0.15) is 22.8 Å². The van der Waals surface area contributed by atoms with E-state index in [1.807, 2.05) is 61.5 Å². The lowest BCUT2D eigenvalue weighted by atomic mass is 10.1. The highest BCUT2D eigenvalue weighted by Crippen LogP contribution is 2.25. The average Bonchev–Trinajstić information content (AvgIpc) is 2.64. The number of rotatable bonds is 6. The molecule has 4 heteroatoms. The number of ether oxygens (including phenoxy) is 2. The molecule has 3 aromatic carbocycles. The summed E-state index contributed by atoms with van der Waals surface area (Å²) in [5, 5.41) is 5.11. The third kappa shape index (κ3) is 3.80. The summed E-state index contributed by atoms with van der Waals surface area (Å²) >= 11 is 0. The topological polar surface area (TPSA) is 47.6 Å². The number of amides is 1. The summed E-state index contributed by atoms with van der Waals surface area (Å²) in [4.78, 5) is 12.7. The summed E-state index contributed by atoms with van der Waals surface area (Å²) in [6.45, 7) is 2.89. The predicted molar refractivity (Wildman–Crippen MR) is 100 cm³/mol. The van der Waals surface area contributed by atoms with Gasteiger partial charge in [-0.25, -0.2) is 0 Å². The van der Waals surface area contributed by atoms with Crippen molar-refractivity contribution in [1.29, 1.82) is 0 Å². The zero-order valence-electron chi connectivity index (χ0n) is 14.4. The number of carbonyl (C=O) groups excluding carboxylic acids is 1. The molecule has 4 nitrogen and oxygen atoms in total. The smallest absolute Gasteiger partial charge is 0.255 e. The molecule has 0 spiro atoms. The van der Waals surface area contributed by atoms with Crippen LogP contribution in [-0.2, 0) is 11.3 Å². The third-order valence-electron chi connectivity index (χ3n) is 3.96. The molecule has 0 bridgehead atoms. The van der Waals surface area contributed by atoms with E-state index in [2.05, 4.69) is 5.32 Å². The minimum atomic E-state index is -0.156. The number of benzene rings is 3.